The van der Waals surface area contributed by atoms with Crippen LogP contribution in [0.25, 0.3) is 0 Å². The Labute approximate surface area is 113 Å². The van der Waals surface area contributed by atoms with Crippen molar-refractivity contribution in [2.24, 2.45) is 0 Å². The third-order valence-electron chi connectivity index (χ3n) is 2.53. The van der Waals surface area contributed by atoms with E-state index < -0.39 is 11.4 Å². The molecule has 0 fully saturated rings. The van der Waals surface area contributed by atoms with Crippen molar-refractivity contribution < 1.29 is 9.29 Å². The van der Waals surface area contributed by atoms with E-state index in [1.807, 2.05) is 58.9 Å². The minimum Gasteiger partial charge on any atom is -0.598 e. The number of ether oxygens (including phenoxy) is 1. The van der Waals surface area contributed by atoms with Gasteiger partial charge in [0.15, 0.2) is 0 Å². The fraction of sp³-hybridized carbons (Fsp3) is 0.571. The summed E-state index contributed by atoms with van der Waals surface area (Å²) in [4.78, 5) is 0. The molecule has 0 spiro atoms. The van der Waals surface area contributed by atoms with Crippen molar-refractivity contribution in [2.75, 3.05) is 6.61 Å². The molecule has 0 aliphatic carbocycles. The lowest BCUT2D eigenvalue weighted by Gasteiger charge is -2.26. The quantitative estimate of drug-likeness (QED) is 0.835. The predicted molar refractivity (Wildman–Crippen MR) is 77.1 cm³/mol. The van der Waals surface area contributed by atoms with Crippen LogP contribution < -0.4 is 9.46 Å². The van der Waals surface area contributed by atoms with Crippen molar-refractivity contribution >= 4 is 11.4 Å². The van der Waals surface area contributed by atoms with Gasteiger partial charge < -0.3 is 9.29 Å². The molecule has 0 aliphatic heterocycles. The van der Waals surface area contributed by atoms with E-state index in [9.17, 15) is 4.55 Å². The summed E-state index contributed by atoms with van der Waals surface area (Å²) in [5.74, 6) is 0.866. The second kappa shape index (κ2) is 6.45. The molecule has 18 heavy (non-hydrogen) atoms. The van der Waals surface area contributed by atoms with Gasteiger partial charge in [-0.15, -0.1) is 4.72 Å². The molecule has 4 heteroatoms. The predicted octanol–water partition coefficient (Wildman–Crippen LogP) is 3.20. The molecule has 102 valence electrons. The van der Waals surface area contributed by atoms with Gasteiger partial charge >= 0.3 is 0 Å². The molecule has 1 aromatic rings. The number of hydrogen-bond acceptors (Lipinski definition) is 3. The van der Waals surface area contributed by atoms with Crippen LogP contribution in [0, 0.1) is 0 Å². The van der Waals surface area contributed by atoms with E-state index in [-0.39, 0.29) is 10.8 Å². The maximum atomic E-state index is 12.0. The van der Waals surface area contributed by atoms with Crippen LogP contribution in [0.2, 0.25) is 0 Å². The largest absolute Gasteiger partial charge is 0.598 e. The summed E-state index contributed by atoms with van der Waals surface area (Å²) in [6.07, 6.45) is 0. The summed E-state index contributed by atoms with van der Waals surface area (Å²) in [5.41, 5.74) is 1.11. The SMILES string of the molecule is CCOc1ccc([C@H](C)N[S+]([O-])C(C)(C)C)cc1. The van der Waals surface area contributed by atoms with Gasteiger partial charge in [0.1, 0.15) is 10.5 Å². The summed E-state index contributed by atoms with van der Waals surface area (Å²) in [7, 11) is 0. The maximum Gasteiger partial charge on any atom is 0.136 e. The molecule has 0 amide bonds. The topological polar surface area (TPSA) is 44.3 Å². The summed E-state index contributed by atoms with van der Waals surface area (Å²) in [6.45, 7) is 10.5. The van der Waals surface area contributed by atoms with Crippen LogP contribution in [0.5, 0.6) is 5.75 Å². The summed E-state index contributed by atoms with van der Waals surface area (Å²) < 4.78 is 20.3. The first kappa shape index (κ1) is 15.3. The molecule has 2 atom stereocenters. The van der Waals surface area contributed by atoms with Crippen LogP contribution in [0.1, 0.15) is 46.2 Å². The van der Waals surface area contributed by atoms with Crippen LogP contribution in [0.3, 0.4) is 0 Å². The molecule has 1 N–H and O–H groups in total. The number of nitrogens with one attached hydrogen (secondary N) is 1. The molecular weight excluding hydrogens is 246 g/mol. The van der Waals surface area contributed by atoms with Crippen LogP contribution in [0.15, 0.2) is 24.3 Å². The lowest BCUT2D eigenvalue weighted by atomic mass is 10.1. The van der Waals surface area contributed by atoms with E-state index in [2.05, 4.69) is 4.72 Å². The lowest BCUT2D eigenvalue weighted by Crippen LogP contribution is -2.40. The standard InChI is InChI=1S/C14H23NO2S/c1-6-17-13-9-7-12(8-10-13)11(2)15-18(16)14(3,4)5/h7-11,15H,6H2,1-5H3/t11-,18?/m0/s1. The molecule has 0 saturated carbocycles. The zero-order valence-corrected chi connectivity index (χ0v) is 12.6. The van der Waals surface area contributed by atoms with E-state index in [0.717, 1.165) is 11.3 Å². The van der Waals surface area contributed by atoms with Crippen molar-refractivity contribution in [3.63, 3.8) is 0 Å². The Bertz CT molecular complexity index is 359. The molecule has 0 aliphatic rings. The van der Waals surface area contributed by atoms with Crippen molar-refractivity contribution in [2.45, 2.75) is 45.4 Å². The highest BCUT2D eigenvalue weighted by molar-refractivity contribution is 7.90. The summed E-state index contributed by atoms with van der Waals surface area (Å²) in [6, 6.07) is 7.94. The molecular formula is C14H23NO2S. The Balaban J connectivity index is 2.64. The van der Waals surface area contributed by atoms with E-state index in [1.165, 1.54) is 0 Å². The number of rotatable bonds is 5. The third kappa shape index (κ3) is 4.52. The van der Waals surface area contributed by atoms with Gasteiger partial charge in [-0.25, -0.2) is 0 Å². The molecule has 1 rings (SSSR count). The van der Waals surface area contributed by atoms with Crippen molar-refractivity contribution in [3.8, 4) is 5.75 Å². The fourth-order valence-corrected chi connectivity index (χ4v) is 2.24. The Morgan fingerprint density at radius 2 is 1.83 bits per heavy atom. The van der Waals surface area contributed by atoms with Crippen LogP contribution in [-0.4, -0.2) is 15.9 Å². The van der Waals surface area contributed by atoms with Gasteiger partial charge in [0.25, 0.3) is 0 Å². The zero-order chi connectivity index (χ0) is 13.8. The second-order valence-corrected chi connectivity index (χ2v) is 7.22. The summed E-state index contributed by atoms with van der Waals surface area (Å²) in [5, 5.41) is 0. The van der Waals surface area contributed by atoms with E-state index in [0.29, 0.717) is 6.61 Å². The Kier molecular flexibility index (Phi) is 5.50. The maximum absolute atomic E-state index is 12.0. The first-order valence-electron chi connectivity index (χ1n) is 6.25. The van der Waals surface area contributed by atoms with Crippen LogP contribution in [0.4, 0.5) is 0 Å². The Morgan fingerprint density at radius 3 is 2.28 bits per heavy atom. The highest BCUT2D eigenvalue weighted by Gasteiger charge is 2.28. The van der Waals surface area contributed by atoms with Gasteiger partial charge in [0.05, 0.1) is 12.6 Å². The molecule has 0 radical (unpaired) electrons. The Hall–Kier alpha value is -0.710. The number of hydrogen-bond donors (Lipinski definition) is 1. The Morgan fingerprint density at radius 1 is 1.28 bits per heavy atom. The average molecular weight is 269 g/mol. The highest BCUT2D eigenvalue weighted by atomic mass is 32.2. The van der Waals surface area contributed by atoms with Crippen LogP contribution in [-0.2, 0) is 11.4 Å². The molecule has 1 unspecified atom stereocenters. The van der Waals surface area contributed by atoms with Crippen LogP contribution >= 0.6 is 0 Å². The highest BCUT2D eigenvalue weighted by Crippen LogP contribution is 2.21. The minimum atomic E-state index is -1.06. The minimum absolute atomic E-state index is 0.0562. The first-order chi connectivity index (χ1) is 8.34. The smallest absolute Gasteiger partial charge is 0.136 e. The van der Waals surface area contributed by atoms with Gasteiger partial charge in [0, 0.05) is 11.4 Å². The first-order valence-corrected chi connectivity index (χ1v) is 7.40. The zero-order valence-electron chi connectivity index (χ0n) is 11.8. The van der Waals surface area contributed by atoms with Crippen molar-refractivity contribution in [1.82, 2.24) is 4.72 Å². The molecule has 1 aromatic carbocycles. The van der Waals surface area contributed by atoms with Gasteiger partial charge in [-0.05, 0) is 52.3 Å². The molecule has 0 saturated heterocycles. The average Bonchev–Trinajstić information content (AvgIpc) is 2.29. The molecule has 3 nitrogen and oxygen atoms in total. The normalized spacial score (nSPS) is 15.2. The van der Waals surface area contributed by atoms with E-state index >= 15 is 0 Å². The van der Waals surface area contributed by atoms with Gasteiger partial charge in [-0.3, -0.25) is 0 Å². The summed E-state index contributed by atoms with van der Waals surface area (Å²) >= 11 is -1.06. The number of benzene rings is 1. The van der Waals surface area contributed by atoms with E-state index in [1.54, 1.807) is 0 Å². The second-order valence-electron chi connectivity index (χ2n) is 5.22. The van der Waals surface area contributed by atoms with Crippen molar-refractivity contribution in [3.05, 3.63) is 29.8 Å². The fourth-order valence-electron chi connectivity index (χ4n) is 1.42. The monoisotopic (exact) mass is 269 g/mol. The molecule has 0 heterocycles. The van der Waals surface area contributed by atoms with Crippen molar-refractivity contribution in [1.29, 1.82) is 0 Å². The van der Waals surface area contributed by atoms with Gasteiger partial charge in [0.2, 0.25) is 0 Å². The third-order valence-corrected chi connectivity index (χ3v) is 4.21. The van der Waals surface area contributed by atoms with E-state index in [4.69, 9.17) is 4.74 Å². The van der Waals surface area contributed by atoms with Gasteiger partial charge in [-0.2, -0.15) is 0 Å². The van der Waals surface area contributed by atoms with Gasteiger partial charge in [-0.1, -0.05) is 12.1 Å². The molecule has 0 aromatic heterocycles. The lowest BCUT2D eigenvalue weighted by molar-refractivity contribution is 0.340. The molecule has 0 bridgehead atoms.